The smallest absolute Gasteiger partial charge is 0.340 e. The summed E-state index contributed by atoms with van der Waals surface area (Å²) in [6.07, 6.45) is 0. The van der Waals surface area contributed by atoms with E-state index in [9.17, 15) is 13.8 Å². The fourth-order valence-electron chi connectivity index (χ4n) is 2.94. The second-order valence-electron chi connectivity index (χ2n) is 5.54. The number of methoxy groups -OCH3 is 2. The second kappa shape index (κ2) is 6.24. The van der Waals surface area contributed by atoms with Crippen molar-refractivity contribution >= 4 is 22.7 Å². The minimum Gasteiger partial charge on any atom is -0.465 e. The van der Waals surface area contributed by atoms with Gasteiger partial charge in [-0.25, -0.2) is 9.59 Å². The van der Waals surface area contributed by atoms with Gasteiger partial charge in [-0.1, -0.05) is 29.8 Å². The number of aryl methyl sites for hydroxylation is 1. The first kappa shape index (κ1) is 16.4. The highest BCUT2D eigenvalue weighted by Gasteiger charge is 2.36. The Balaban J connectivity index is 2.34. The summed E-state index contributed by atoms with van der Waals surface area (Å²) in [5, 5.41) is 0. The molecule has 3 rings (SSSR count). The molecule has 24 heavy (non-hydrogen) atoms. The van der Waals surface area contributed by atoms with Gasteiger partial charge in [0.25, 0.3) is 0 Å². The Morgan fingerprint density at radius 3 is 2.21 bits per heavy atom. The lowest BCUT2D eigenvalue weighted by atomic mass is 10.0. The van der Waals surface area contributed by atoms with Crippen molar-refractivity contribution in [2.75, 3.05) is 14.2 Å². The topological polar surface area (TPSA) is 74.6 Å². The van der Waals surface area contributed by atoms with E-state index in [4.69, 9.17) is 9.47 Å². The molecule has 0 bridgehead atoms. The van der Waals surface area contributed by atoms with Gasteiger partial charge in [-0.15, -0.1) is 0 Å². The Kier molecular flexibility index (Phi) is 4.28. The first-order chi connectivity index (χ1) is 11.5. The van der Waals surface area contributed by atoms with Gasteiger partial charge in [-0.3, -0.25) is 4.21 Å². The maximum Gasteiger partial charge on any atom is 0.340 e. The quantitative estimate of drug-likeness (QED) is 0.796. The molecule has 0 N–H and O–H groups in total. The Morgan fingerprint density at radius 1 is 1.04 bits per heavy atom. The third-order valence-electron chi connectivity index (χ3n) is 4.05. The van der Waals surface area contributed by atoms with Gasteiger partial charge >= 0.3 is 11.9 Å². The van der Waals surface area contributed by atoms with E-state index in [0.717, 1.165) is 11.1 Å². The van der Waals surface area contributed by atoms with E-state index < -0.39 is 22.7 Å². The number of ether oxygens (including phenoxy) is 2. The van der Waals surface area contributed by atoms with Crippen molar-refractivity contribution in [1.29, 1.82) is 0 Å². The van der Waals surface area contributed by atoms with Crippen LogP contribution in [0.4, 0.5) is 0 Å². The molecule has 1 atom stereocenters. The molecule has 0 radical (unpaired) electrons. The van der Waals surface area contributed by atoms with Crippen LogP contribution in [0.1, 0.15) is 32.0 Å². The average molecular weight is 347 g/mol. The fraction of sp³-hybridized carbons (Fsp3) is 0.294. The molecule has 0 saturated heterocycles. The third-order valence-corrected chi connectivity index (χ3v) is 5.19. The summed E-state index contributed by atoms with van der Waals surface area (Å²) in [4.78, 5) is 24.7. The largest absolute Gasteiger partial charge is 0.465 e. The number of nitrogens with zero attached hydrogens (tertiary/aromatic N) is 1. The number of hydrogen-bond acceptors (Lipinski definition) is 5. The molecule has 0 saturated carbocycles. The van der Waals surface area contributed by atoms with Crippen LogP contribution >= 0.6 is 0 Å². The number of benzene rings is 1. The van der Waals surface area contributed by atoms with E-state index in [0.29, 0.717) is 11.4 Å². The zero-order chi connectivity index (χ0) is 17.4. The van der Waals surface area contributed by atoms with E-state index in [1.807, 2.05) is 31.2 Å². The highest BCUT2D eigenvalue weighted by atomic mass is 32.2. The fourth-order valence-corrected chi connectivity index (χ4v) is 4.21. The molecule has 6 nitrogen and oxygen atoms in total. The van der Waals surface area contributed by atoms with Crippen LogP contribution in [0.2, 0.25) is 0 Å². The molecule has 1 aromatic heterocycles. The third kappa shape index (κ3) is 2.54. The van der Waals surface area contributed by atoms with E-state index in [1.54, 1.807) is 4.57 Å². The number of fused-ring (bicyclic) bond motifs is 1. The Morgan fingerprint density at radius 2 is 1.62 bits per heavy atom. The number of carbonyl (C=O) groups excluding carboxylic acids is 2. The molecule has 2 heterocycles. The number of hydrogen-bond donors (Lipinski definition) is 0. The number of esters is 2. The van der Waals surface area contributed by atoms with E-state index in [1.165, 1.54) is 14.2 Å². The van der Waals surface area contributed by atoms with Crippen LogP contribution in [0.5, 0.6) is 0 Å². The molecule has 1 aliphatic heterocycles. The highest BCUT2D eigenvalue weighted by Crippen LogP contribution is 2.37. The lowest BCUT2D eigenvalue weighted by Gasteiger charge is -2.09. The Hall–Kier alpha value is -2.41. The predicted octanol–water partition coefficient (Wildman–Crippen LogP) is 2.26. The number of carbonyl (C=O) groups is 2. The summed E-state index contributed by atoms with van der Waals surface area (Å²) in [7, 11) is 1.40. The van der Waals surface area contributed by atoms with Crippen LogP contribution in [-0.2, 0) is 31.9 Å². The number of rotatable bonds is 3. The summed E-state index contributed by atoms with van der Waals surface area (Å²) in [5.41, 5.74) is 3.24. The summed E-state index contributed by atoms with van der Waals surface area (Å²) in [6, 6.07) is 7.57. The molecule has 0 amide bonds. The van der Waals surface area contributed by atoms with Gasteiger partial charge in [0.2, 0.25) is 0 Å². The van der Waals surface area contributed by atoms with Gasteiger partial charge in [0.15, 0.2) is 0 Å². The van der Waals surface area contributed by atoms with Crippen LogP contribution in [0.25, 0.3) is 11.3 Å². The van der Waals surface area contributed by atoms with Gasteiger partial charge in [0, 0.05) is 16.5 Å². The SMILES string of the molecule is COC(=O)c1c(C(=O)OC)c(-c2ccc(C)cc2)n2c1C[S@@](=O)C2. The predicted molar refractivity (Wildman–Crippen MR) is 89.1 cm³/mol. The minimum atomic E-state index is -1.13. The Labute approximate surface area is 141 Å². The van der Waals surface area contributed by atoms with E-state index in [2.05, 4.69) is 0 Å². The normalized spacial score (nSPS) is 15.9. The maximum absolute atomic E-state index is 12.4. The zero-order valence-corrected chi connectivity index (χ0v) is 14.4. The zero-order valence-electron chi connectivity index (χ0n) is 13.6. The van der Waals surface area contributed by atoms with Crippen LogP contribution in [0, 0.1) is 6.92 Å². The van der Waals surface area contributed by atoms with E-state index >= 15 is 0 Å². The van der Waals surface area contributed by atoms with Crippen molar-refractivity contribution in [2.45, 2.75) is 18.6 Å². The van der Waals surface area contributed by atoms with Gasteiger partial charge in [0.05, 0.1) is 37.1 Å². The van der Waals surface area contributed by atoms with Gasteiger partial charge < -0.3 is 14.0 Å². The molecule has 0 fully saturated rings. The molecule has 1 aromatic carbocycles. The highest BCUT2D eigenvalue weighted by molar-refractivity contribution is 7.83. The lowest BCUT2D eigenvalue weighted by molar-refractivity contribution is 0.0556. The number of aromatic nitrogens is 1. The summed E-state index contributed by atoms with van der Waals surface area (Å²) in [5.74, 6) is -0.796. The van der Waals surface area contributed by atoms with Gasteiger partial charge in [-0.05, 0) is 12.5 Å². The van der Waals surface area contributed by atoms with Crippen LogP contribution in [-0.4, -0.2) is 34.9 Å². The molecular formula is C17H17NO5S. The van der Waals surface area contributed by atoms with Crippen molar-refractivity contribution in [1.82, 2.24) is 4.57 Å². The molecule has 0 aliphatic carbocycles. The monoisotopic (exact) mass is 347 g/mol. The van der Waals surface area contributed by atoms with Crippen molar-refractivity contribution in [2.24, 2.45) is 0 Å². The van der Waals surface area contributed by atoms with Crippen molar-refractivity contribution in [3.05, 3.63) is 46.6 Å². The van der Waals surface area contributed by atoms with Crippen LogP contribution in [0.3, 0.4) is 0 Å². The lowest BCUT2D eigenvalue weighted by Crippen LogP contribution is -2.12. The maximum atomic E-state index is 12.4. The van der Waals surface area contributed by atoms with E-state index in [-0.39, 0.29) is 22.8 Å². The second-order valence-corrected chi connectivity index (χ2v) is 6.96. The first-order valence-electron chi connectivity index (χ1n) is 7.32. The standard InChI is InChI=1S/C17H17NO5S/c1-10-4-6-11(7-5-10)15-14(17(20)23-3)13(16(19)22-2)12-8-24(21)9-18(12)15/h4-7H,8-9H2,1-3H3/t24-/m1/s1. The summed E-state index contributed by atoms with van der Waals surface area (Å²) in [6.45, 7) is 1.96. The molecule has 0 unspecified atom stereocenters. The summed E-state index contributed by atoms with van der Waals surface area (Å²) >= 11 is 0. The molecule has 1 aliphatic rings. The molecule has 0 spiro atoms. The summed E-state index contributed by atoms with van der Waals surface area (Å²) < 4.78 is 23.5. The van der Waals surface area contributed by atoms with Crippen LogP contribution < -0.4 is 0 Å². The first-order valence-corrected chi connectivity index (χ1v) is 8.80. The Bertz CT molecular complexity index is 851. The van der Waals surface area contributed by atoms with Gasteiger partial charge in [-0.2, -0.15) is 0 Å². The average Bonchev–Trinajstić information content (AvgIpc) is 3.08. The van der Waals surface area contributed by atoms with Crippen molar-refractivity contribution < 1.29 is 23.3 Å². The van der Waals surface area contributed by atoms with Crippen molar-refractivity contribution in [3.63, 3.8) is 0 Å². The molecule has 2 aromatic rings. The molecule has 126 valence electrons. The van der Waals surface area contributed by atoms with Gasteiger partial charge in [0.1, 0.15) is 5.56 Å². The van der Waals surface area contributed by atoms with Crippen LogP contribution in [0.15, 0.2) is 24.3 Å². The van der Waals surface area contributed by atoms with Crippen molar-refractivity contribution in [3.8, 4) is 11.3 Å². The molecule has 7 heteroatoms. The molecular weight excluding hydrogens is 330 g/mol. The minimum absolute atomic E-state index is 0.144.